The van der Waals surface area contributed by atoms with Crippen LogP contribution < -0.4 is 5.73 Å². The van der Waals surface area contributed by atoms with E-state index in [4.69, 9.17) is 5.73 Å². The van der Waals surface area contributed by atoms with Gasteiger partial charge in [0.25, 0.3) is 5.91 Å². The predicted molar refractivity (Wildman–Crippen MR) is 73.8 cm³/mol. The molecule has 19 heavy (non-hydrogen) atoms. The van der Waals surface area contributed by atoms with Crippen molar-refractivity contribution in [1.82, 2.24) is 15.1 Å². The Bertz CT molecular complexity index is 606. The molecule has 0 aliphatic carbocycles. The lowest BCUT2D eigenvalue weighted by molar-refractivity contribution is 0.0745. The zero-order valence-corrected chi connectivity index (χ0v) is 11.0. The van der Waals surface area contributed by atoms with Crippen molar-refractivity contribution in [3.05, 3.63) is 30.0 Å². The van der Waals surface area contributed by atoms with Crippen molar-refractivity contribution in [2.24, 2.45) is 11.7 Å². The first kappa shape index (κ1) is 12.2. The number of nitrogens with zero attached hydrogens (tertiary/aromatic N) is 2. The Morgan fingerprint density at radius 1 is 1.58 bits per heavy atom. The third-order valence-electron chi connectivity index (χ3n) is 3.96. The molecule has 0 spiro atoms. The smallest absolute Gasteiger partial charge is 0.256 e. The molecule has 0 radical (unpaired) electrons. The molecule has 2 aromatic rings. The summed E-state index contributed by atoms with van der Waals surface area (Å²) in [7, 11) is 0. The van der Waals surface area contributed by atoms with Crippen LogP contribution in [0.3, 0.4) is 0 Å². The highest BCUT2D eigenvalue weighted by atomic mass is 16.2. The summed E-state index contributed by atoms with van der Waals surface area (Å²) in [5.41, 5.74) is 7.23. The second kappa shape index (κ2) is 4.66. The van der Waals surface area contributed by atoms with Crippen molar-refractivity contribution in [3.8, 4) is 0 Å². The van der Waals surface area contributed by atoms with E-state index in [1.54, 1.807) is 6.20 Å². The summed E-state index contributed by atoms with van der Waals surface area (Å²) in [5.74, 6) is 0.484. The summed E-state index contributed by atoms with van der Waals surface area (Å²) in [6, 6.07) is 5.95. The fourth-order valence-corrected chi connectivity index (χ4v) is 2.90. The van der Waals surface area contributed by atoms with Gasteiger partial charge in [0.2, 0.25) is 0 Å². The summed E-state index contributed by atoms with van der Waals surface area (Å²) >= 11 is 0. The Kier molecular flexibility index (Phi) is 2.98. The number of H-pyrrole nitrogens is 1. The summed E-state index contributed by atoms with van der Waals surface area (Å²) in [4.78, 5) is 14.6. The maximum Gasteiger partial charge on any atom is 0.256 e. The first-order chi connectivity index (χ1) is 9.20. The zero-order chi connectivity index (χ0) is 13.4. The molecule has 2 heterocycles. The summed E-state index contributed by atoms with van der Waals surface area (Å²) in [5, 5.41) is 7.88. The van der Waals surface area contributed by atoms with Gasteiger partial charge < -0.3 is 10.6 Å². The van der Waals surface area contributed by atoms with Crippen molar-refractivity contribution in [3.63, 3.8) is 0 Å². The number of hydrogen-bond acceptors (Lipinski definition) is 3. The van der Waals surface area contributed by atoms with Gasteiger partial charge in [0, 0.05) is 18.0 Å². The Morgan fingerprint density at radius 3 is 3.16 bits per heavy atom. The Morgan fingerprint density at radius 2 is 2.42 bits per heavy atom. The minimum Gasteiger partial charge on any atom is -0.336 e. The molecule has 1 aliphatic rings. The lowest BCUT2D eigenvalue weighted by Crippen LogP contribution is -2.34. The van der Waals surface area contributed by atoms with E-state index < -0.39 is 0 Å². The normalized spacial score (nSPS) is 23.2. The van der Waals surface area contributed by atoms with Gasteiger partial charge in [-0.3, -0.25) is 9.89 Å². The number of carbonyl (C=O) groups is 1. The van der Waals surface area contributed by atoms with E-state index in [9.17, 15) is 4.79 Å². The number of likely N-dealkylation sites (tertiary alicyclic amines) is 1. The monoisotopic (exact) mass is 258 g/mol. The maximum atomic E-state index is 12.7. The number of fused-ring (bicyclic) bond motifs is 1. The number of para-hydroxylation sites is 1. The summed E-state index contributed by atoms with van der Waals surface area (Å²) < 4.78 is 0. The Labute approximate surface area is 111 Å². The van der Waals surface area contributed by atoms with Crippen LogP contribution in [0.25, 0.3) is 10.9 Å². The minimum atomic E-state index is 0.0679. The molecule has 2 atom stereocenters. The van der Waals surface area contributed by atoms with E-state index in [1.165, 1.54) is 0 Å². The fraction of sp³-hybridized carbons (Fsp3) is 0.429. The van der Waals surface area contributed by atoms with E-state index >= 15 is 0 Å². The Hall–Kier alpha value is -1.88. The van der Waals surface area contributed by atoms with E-state index in [0.29, 0.717) is 18.0 Å². The highest BCUT2D eigenvalue weighted by Crippen LogP contribution is 2.26. The van der Waals surface area contributed by atoms with E-state index in [2.05, 4.69) is 17.1 Å². The van der Waals surface area contributed by atoms with Crippen LogP contribution in [-0.4, -0.2) is 40.1 Å². The van der Waals surface area contributed by atoms with Gasteiger partial charge >= 0.3 is 0 Å². The van der Waals surface area contributed by atoms with Crippen molar-refractivity contribution in [2.75, 3.05) is 13.1 Å². The lowest BCUT2D eigenvalue weighted by Gasteiger charge is -2.21. The molecule has 1 aromatic carbocycles. The van der Waals surface area contributed by atoms with Crippen LogP contribution in [0.1, 0.15) is 23.7 Å². The topological polar surface area (TPSA) is 75.0 Å². The van der Waals surface area contributed by atoms with Crippen LogP contribution >= 0.6 is 0 Å². The minimum absolute atomic E-state index is 0.0679. The molecule has 1 saturated heterocycles. The molecule has 1 aromatic heterocycles. The number of benzene rings is 1. The lowest BCUT2D eigenvalue weighted by atomic mass is 10.1. The average Bonchev–Trinajstić information content (AvgIpc) is 3.03. The Balaban J connectivity index is 1.94. The summed E-state index contributed by atoms with van der Waals surface area (Å²) in [6.45, 7) is 3.48. The molecule has 0 unspecified atom stereocenters. The van der Waals surface area contributed by atoms with Gasteiger partial charge in [-0.1, -0.05) is 12.1 Å². The van der Waals surface area contributed by atoms with Gasteiger partial charge in [0.1, 0.15) is 0 Å². The second-order valence-corrected chi connectivity index (χ2v) is 5.28. The van der Waals surface area contributed by atoms with Gasteiger partial charge in [-0.15, -0.1) is 0 Å². The van der Waals surface area contributed by atoms with Crippen LogP contribution in [0.2, 0.25) is 0 Å². The fourth-order valence-electron chi connectivity index (χ4n) is 2.90. The average molecular weight is 258 g/mol. The third-order valence-corrected chi connectivity index (χ3v) is 3.96. The molecule has 3 N–H and O–H groups in total. The number of nitrogens with one attached hydrogen (secondary N) is 1. The van der Waals surface area contributed by atoms with Crippen molar-refractivity contribution in [1.29, 1.82) is 0 Å². The van der Waals surface area contributed by atoms with Gasteiger partial charge in [0.05, 0.1) is 17.3 Å². The molecule has 1 fully saturated rings. The van der Waals surface area contributed by atoms with Crippen LogP contribution in [0.15, 0.2) is 24.4 Å². The van der Waals surface area contributed by atoms with Crippen molar-refractivity contribution < 1.29 is 4.79 Å². The van der Waals surface area contributed by atoms with Crippen LogP contribution in [-0.2, 0) is 0 Å². The molecule has 1 amide bonds. The third kappa shape index (κ3) is 2.00. The summed E-state index contributed by atoms with van der Waals surface area (Å²) in [6.07, 6.45) is 2.73. The molecule has 5 nitrogen and oxygen atoms in total. The van der Waals surface area contributed by atoms with Crippen molar-refractivity contribution >= 4 is 16.8 Å². The van der Waals surface area contributed by atoms with Gasteiger partial charge in [-0.05, 0) is 31.9 Å². The highest BCUT2D eigenvalue weighted by molar-refractivity contribution is 6.05. The van der Waals surface area contributed by atoms with Crippen LogP contribution in [0.5, 0.6) is 0 Å². The predicted octanol–water partition coefficient (Wildman–Crippen LogP) is 1.37. The molecular formula is C14H18N4O. The SMILES string of the molecule is C[C@@H]1C[C@H](CN)CN1C(=O)c1cccc2cn[nH]c12. The number of aromatic nitrogens is 2. The number of rotatable bonds is 2. The first-order valence-corrected chi connectivity index (χ1v) is 6.64. The molecule has 5 heteroatoms. The van der Waals surface area contributed by atoms with E-state index in [-0.39, 0.29) is 11.9 Å². The van der Waals surface area contributed by atoms with E-state index in [1.807, 2.05) is 23.1 Å². The number of hydrogen-bond donors (Lipinski definition) is 2. The number of amides is 1. The van der Waals surface area contributed by atoms with Gasteiger partial charge in [-0.25, -0.2) is 0 Å². The number of aromatic amines is 1. The largest absolute Gasteiger partial charge is 0.336 e. The molecular weight excluding hydrogens is 240 g/mol. The van der Waals surface area contributed by atoms with Crippen LogP contribution in [0, 0.1) is 5.92 Å². The van der Waals surface area contributed by atoms with Crippen molar-refractivity contribution in [2.45, 2.75) is 19.4 Å². The molecule has 3 rings (SSSR count). The highest BCUT2D eigenvalue weighted by Gasteiger charge is 2.32. The zero-order valence-electron chi connectivity index (χ0n) is 11.0. The van der Waals surface area contributed by atoms with Gasteiger partial charge in [0.15, 0.2) is 0 Å². The number of carbonyl (C=O) groups excluding carboxylic acids is 1. The van der Waals surface area contributed by atoms with E-state index in [0.717, 1.165) is 23.9 Å². The number of nitrogens with two attached hydrogens (primary N) is 1. The first-order valence-electron chi connectivity index (χ1n) is 6.64. The second-order valence-electron chi connectivity index (χ2n) is 5.28. The quantitative estimate of drug-likeness (QED) is 0.854. The maximum absolute atomic E-state index is 12.7. The molecule has 0 bridgehead atoms. The molecule has 0 saturated carbocycles. The molecule has 1 aliphatic heterocycles. The van der Waals surface area contributed by atoms with Crippen LogP contribution in [0.4, 0.5) is 0 Å². The van der Waals surface area contributed by atoms with Gasteiger partial charge in [-0.2, -0.15) is 5.10 Å². The standard InChI is InChI=1S/C14H18N4O/c1-9-5-10(6-15)8-18(9)14(19)12-4-2-3-11-7-16-17-13(11)12/h2-4,7,9-10H,5-6,8,15H2,1H3,(H,16,17)/t9-,10-/m1/s1. The molecule has 100 valence electrons.